The molecule has 0 aliphatic heterocycles. The van der Waals surface area contributed by atoms with Gasteiger partial charge in [-0.3, -0.25) is 4.79 Å². The molecule has 5 nitrogen and oxygen atoms in total. The monoisotopic (exact) mass is 390 g/mol. The number of carbonyl (C=O) groups is 1. The number of anilines is 1. The maximum Gasteiger partial charge on any atom is 0.234 e. The smallest absolute Gasteiger partial charge is 0.234 e. The Morgan fingerprint density at radius 2 is 2.15 bits per heavy atom. The van der Waals surface area contributed by atoms with Crippen molar-refractivity contribution >= 4 is 34.7 Å². The quantitative estimate of drug-likeness (QED) is 0.605. The van der Waals surface area contributed by atoms with Crippen LogP contribution in [-0.4, -0.2) is 26.4 Å². The zero-order chi connectivity index (χ0) is 18.5. The van der Waals surface area contributed by atoms with Gasteiger partial charge in [0.25, 0.3) is 0 Å². The van der Waals surface area contributed by atoms with Gasteiger partial charge in [-0.05, 0) is 42.5 Å². The number of benzene rings is 1. The minimum atomic E-state index is -0.417. The maximum atomic E-state index is 14.0. The highest BCUT2D eigenvalue weighted by Crippen LogP contribution is 2.27. The van der Waals surface area contributed by atoms with Crippen LogP contribution in [-0.2, 0) is 17.8 Å². The minimum absolute atomic E-state index is 0.136. The molecule has 1 aromatic carbocycles. The average molecular weight is 391 g/mol. The summed E-state index contributed by atoms with van der Waals surface area (Å²) in [5, 5.41) is 13.7. The average Bonchev–Trinajstić information content (AvgIpc) is 3.30. The van der Waals surface area contributed by atoms with E-state index in [9.17, 15) is 9.18 Å². The summed E-state index contributed by atoms with van der Waals surface area (Å²) in [6.07, 6.45) is 0.750. The Kier molecular flexibility index (Phi) is 6.05. The Labute approximate surface area is 159 Å². The molecule has 136 valence electrons. The molecule has 0 atom stereocenters. The van der Waals surface area contributed by atoms with E-state index in [1.807, 2.05) is 42.0 Å². The van der Waals surface area contributed by atoms with Crippen molar-refractivity contribution in [2.24, 2.45) is 0 Å². The molecule has 0 fully saturated rings. The van der Waals surface area contributed by atoms with E-state index in [1.54, 1.807) is 17.4 Å². The topological polar surface area (TPSA) is 59.8 Å². The van der Waals surface area contributed by atoms with Crippen LogP contribution in [0, 0.1) is 5.82 Å². The number of aromatic nitrogens is 3. The van der Waals surface area contributed by atoms with Crippen LogP contribution in [0.1, 0.15) is 19.4 Å². The Morgan fingerprint density at radius 1 is 1.31 bits per heavy atom. The third kappa shape index (κ3) is 4.13. The van der Waals surface area contributed by atoms with E-state index in [4.69, 9.17) is 0 Å². The highest BCUT2D eigenvalue weighted by molar-refractivity contribution is 7.99. The van der Waals surface area contributed by atoms with Crippen molar-refractivity contribution in [1.29, 1.82) is 0 Å². The summed E-state index contributed by atoms with van der Waals surface area (Å²) in [7, 11) is 0. The lowest BCUT2D eigenvalue weighted by molar-refractivity contribution is -0.113. The zero-order valence-electron chi connectivity index (χ0n) is 14.5. The zero-order valence-corrected chi connectivity index (χ0v) is 16.2. The molecule has 0 bridgehead atoms. The van der Waals surface area contributed by atoms with E-state index < -0.39 is 5.82 Å². The molecule has 2 heterocycles. The van der Waals surface area contributed by atoms with Crippen molar-refractivity contribution < 1.29 is 9.18 Å². The number of halogens is 1. The van der Waals surface area contributed by atoms with Gasteiger partial charge in [-0.25, -0.2) is 4.39 Å². The predicted octanol–water partition coefficient (Wildman–Crippen LogP) is 4.46. The summed E-state index contributed by atoms with van der Waals surface area (Å²) in [4.78, 5) is 13.2. The first-order valence-corrected chi connectivity index (χ1v) is 10.2. The number of aryl methyl sites for hydroxylation is 1. The Bertz CT molecular complexity index is 893. The van der Waals surface area contributed by atoms with Crippen molar-refractivity contribution in [1.82, 2.24) is 14.8 Å². The number of thioether (sulfide) groups is 1. The first-order chi connectivity index (χ1) is 12.6. The van der Waals surface area contributed by atoms with Crippen LogP contribution in [0.15, 0.2) is 40.9 Å². The molecule has 0 spiro atoms. The summed E-state index contributed by atoms with van der Waals surface area (Å²) in [6, 6.07) is 8.81. The third-order valence-corrected chi connectivity index (χ3v) is 5.66. The van der Waals surface area contributed by atoms with Crippen molar-refractivity contribution in [2.75, 3.05) is 11.1 Å². The van der Waals surface area contributed by atoms with Gasteiger partial charge in [0.15, 0.2) is 11.0 Å². The van der Waals surface area contributed by atoms with Crippen molar-refractivity contribution in [3.8, 4) is 10.7 Å². The lowest BCUT2D eigenvalue weighted by atomic mass is 10.1. The van der Waals surface area contributed by atoms with Crippen LogP contribution in [0.3, 0.4) is 0 Å². The van der Waals surface area contributed by atoms with Gasteiger partial charge in [0.2, 0.25) is 5.91 Å². The largest absolute Gasteiger partial charge is 0.323 e. The van der Waals surface area contributed by atoms with Gasteiger partial charge < -0.3 is 9.88 Å². The molecule has 3 rings (SSSR count). The molecule has 8 heteroatoms. The summed E-state index contributed by atoms with van der Waals surface area (Å²) in [5.74, 6) is 0.241. The molecular formula is C18H19FN4OS2. The van der Waals surface area contributed by atoms with Gasteiger partial charge >= 0.3 is 0 Å². The molecule has 26 heavy (non-hydrogen) atoms. The Morgan fingerprint density at radius 3 is 2.81 bits per heavy atom. The highest BCUT2D eigenvalue weighted by atomic mass is 32.2. The highest BCUT2D eigenvalue weighted by Gasteiger charge is 2.15. The van der Waals surface area contributed by atoms with E-state index in [0.717, 1.165) is 22.7 Å². The lowest BCUT2D eigenvalue weighted by Crippen LogP contribution is -2.15. The Balaban J connectivity index is 1.65. The fourth-order valence-electron chi connectivity index (χ4n) is 2.46. The van der Waals surface area contributed by atoms with E-state index >= 15 is 0 Å². The van der Waals surface area contributed by atoms with Gasteiger partial charge in [-0.2, -0.15) is 0 Å². The molecule has 0 unspecified atom stereocenters. The van der Waals surface area contributed by atoms with Gasteiger partial charge in [-0.1, -0.05) is 30.8 Å². The summed E-state index contributed by atoms with van der Waals surface area (Å²) >= 11 is 2.89. The standard InChI is InChI=1S/C18H19FN4OS2/c1-3-12-7-8-14(13(19)10-12)20-16(24)11-26-18-22-21-17(23(18)4-2)15-6-5-9-25-15/h5-10H,3-4,11H2,1-2H3,(H,20,24). The van der Waals surface area contributed by atoms with E-state index in [1.165, 1.54) is 17.8 Å². The Hall–Kier alpha value is -2.19. The number of nitrogens with one attached hydrogen (secondary N) is 1. The minimum Gasteiger partial charge on any atom is -0.323 e. The number of thiophene rings is 1. The van der Waals surface area contributed by atoms with Crippen LogP contribution < -0.4 is 5.32 Å². The summed E-state index contributed by atoms with van der Waals surface area (Å²) < 4.78 is 16.0. The summed E-state index contributed by atoms with van der Waals surface area (Å²) in [6.45, 7) is 4.67. The number of nitrogens with zero attached hydrogens (tertiary/aromatic N) is 3. The molecule has 2 aromatic heterocycles. The predicted molar refractivity (Wildman–Crippen MR) is 104 cm³/mol. The SMILES string of the molecule is CCc1ccc(NC(=O)CSc2nnc(-c3cccs3)n2CC)c(F)c1. The molecule has 0 aliphatic carbocycles. The molecule has 1 N–H and O–H groups in total. The number of rotatable bonds is 7. The van der Waals surface area contributed by atoms with Crippen molar-refractivity contribution in [3.63, 3.8) is 0 Å². The second-order valence-electron chi connectivity index (χ2n) is 5.53. The first kappa shape index (κ1) is 18.6. The third-order valence-electron chi connectivity index (χ3n) is 3.82. The molecule has 0 saturated carbocycles. The van der Waals surface area contributed by atoms with Crippen LogP contribution in [0.4, 0.5) is 10.1 Å². The van der Waals surface area contributed by atoms with E-state index in [0.29, 0.717) is 11.7 Å². The van der Waals surface area contributed by atoms with Crippen LogP contribution in [0.2, 0.25) is 0 Å². The fourth-order valence-corrected chi connectivity index (χ4v) is 3.98. The summed E-state index contributed by atoms with van der Waals surface area (Å²) in [5.41, 5.74) is 1.09. The number of carbonyl (C=O) groups excluding carboxylic acids is 1. The second kappa shape index (κ2) is 8.46. The number of amides is 1. The number of hydrogen-bond acceptors (Lipinski definition) is 5. The van der Waals surface area contributed by atoms with E-state index in [2.05, 4.69) is 15.5 Å². The van der Waals surface area contributed by atoms with Crippen LogP contribution >= 0.6 is 23.1 Å². The lowest BCUT2D eigenvalue weighted by Gasteiger charge is -2.08. The molecule has 1 amide bonds. The van der Waals surface area contributed by atoms with Gasteiger partial charge in [-0.15, -0.1) is 21.5 Å². The fraction of sp³-hybridized carbons (Fsp3) is 0.278. The molecule has 0 radical (unpaired) electrons. The van der Waals surface area contributed by atoms with Gasteiger partial charge in [0.05, 0.1) is 16.3 Å². The van der Waals surface area contributed by atoms with Crippen molar-refractivity contribution in [2.45, 2.75) is 32.0 Å². The van der Waals surface area contributed by atoms with Crippen LogP contribution in [0.25, 0.3) is 10.7 Å². The molecular weight excluding hydrogens is 371 g/mol. The second-order valence-corrected chi connectivity index (χ2v) is 7.42. The van der Waals surface area contributed by atoms with Crippen LogP contribution in [0.5, 0.6) is 0 Å². The first-order valence-electron chi connectivity index (χ1n) is 8.30. The molecule has 3 aromatic rings. The number of hydrogen-bond donors (Lipinski definition) is 1. The molecule has 0 aliphatic rings. The normalized spacial score (nSPS) is 10.9. The van der Waals surface area contributed by atoms with Crippen molar-refractivity contribution in [3.05, 3.63) is 47.1 Å². The van der Waals surface area contributed by atoms with E-state index in [-0.39, 0.29) is 17.3 Å². The van der Waals surface area contributed by atoms with Gasteiger partial charge in [0, 0.05) is 6.54 Å². The van der Waals surface area contributed by atoms with Gasteiger partial charge in [0.1, 0.15) is 5.82 Å². The molecule has 0 saturated heterocycles. The maximum absolute atomic E-state index is 14.0.